The van der Waals surface area contributed by atoms with Crippen LogP contribution in [0.3, 0.4) is 0 Å². The number of hydrazone groups is 1. The third kappa shape index (κ3) is 7.86. The van der Waals surface area contributed by atoms with E-state index in [2.05, 4.69) is 37.1 Å². The number of halogens is 1. The van der Waals surface area contributed by atoms with Gasteiger partial charge in [-0.05, 0) is 55.7 Å². The summed E-state index contributed by atoms with van der Waals surface area (Å²) in [6.07, 6.45) is 2.06. The van der Waals surface area contributed by atoms with Crippen LogP contribution in [0.4, 0.5) is 5.69 Å². The molecular formula is C22H25BrN4O4. The minimum Gasteiger partial charge on any atom is -0.483 e. The van der Waals surface area contributed by atoms with Gasteiger partial charge in [-0.1, -0.05) is 35.0 Å². The van der Waals surface area contributed by atoms with Gasteiger partial charge in [0.2, 0.25) is 0 Å². The van der Waals surface area contributed by atoms with E-state index in [1.165, 1.54) is 6.21 Å². The third-order valence-corrected chi connectivity index (χ3v) is 4.60. The van der Waals surface area contributed by atoms with Crippen LogP contribution in [0.5, 0.6) is 5.75 Å². The van der Waals surface area contributed by atoms with Gasteiger partial charge in [-0.3, -0.25) is 14.4 Å². The van der Waals surface area contributed by atoms with E-state index < -0.39 is 11.8 Å². The Hall–Kier alpha value is -3.20. The molecule has 3 amide bonds. The van der Waals surface area contributed by atoms with E-state index in [-0.39, 0.29) is 12.5 Å². The Morgan fingerprint density at radius 3 is 2.61 bits per heavy atom. The van der Waals surface area contributed by atoms with Gasteiger partial charge in [0.05, 0.1) is 6.21 Å². The topological polar surface area (TPSA) is 109 Å². The summed E-state index contributed by atoms with van der Waals surface area (Å²) in [4.78, 5) is 35.6. The lowest BCUT2D eigenvalue weighted by Gasteiger charge is -2.12. The van der Waals surface area contributed by atoms with E-state index in [1.54, 1.807) is 18.2 Å². The van der Waals surface area contributed by atoms with Gasteiger partial charge < -0.3 is 15.4 Å². The van der Waals surface area contributed by atoms with Gasteiger partial charge in [0.1, 0.15) is 5.75 Å². The molecule has 0 unspecified atom stereocenters. The number of rotatable bonds is 8. The van der Waals surface area contributed by atoms with Crippen LogP contribution in [0.15, 0.2) is 46.0 Å². The summed E-state index contributed by atoms with van der Waals surface area (Å²) in [5.41, 5.74) is 5.41. The Labute approximate surface area is 189 Å². The molecule has 31 heavy (non-hydrogen) atoms. The maximum Gasteiger partial charge on any atom is 0.329 e. The van der Waals surface area contributed by atoms with Gasteiger partial charge in [0, 0.05) is 22.3 Å². The lowest BCUT2D eigenvalue weighted by Crippen LogP contribution is -2.38. The van der Waals surface area contributed by atoms with Crippen LogP contribution < -0.4 is 20.8 Å². The van der Waals surface area contributed by atoms with Crippen molar-refractivity contribution in [2.75, 3.05) is 18.5 Å². The van der Waals surface area contributed by atoms with Crippen molar-refractivity contribution < 1.29 is 19.1 Å². The van der Waals surface area contributed by atoms with Gasteiger partial charge in [-0.25, -0.2) is 5.43 Å². The molecule has 0 aliphatic heterocycles. The van der Waals surface area contributed by atoms with Gasteiger partial charge in [-0.2, -0.15) is 5.10 Å². The summed E-state index contributed by atoms with van der Waals surface area (Å²) in [6.45, 7) is 5.94. The molecule has 0 aromatic heterocycles. The van der Waals surface area contributed by atoms with E-state index in [0.29, 0.717) is 17.9 Å². The molecule has 0 saturated heterocycles. The number of carbonyl (C=O) groups excluding carboxylic acids is 3. The number of nitrogens with one attached hydrogen (secondary N) is 3. The van der Waals surface area contributed by atoms with Gasteiger partial charge in [0.15, 0.2) is 6.61 Å². The number of nitrogens with zero attached hydrogens (tertiary/aromatic N) is 1. The zero-order chi connectivity index (χ0) is 22.8. The molecule has 0 atom stereocenters. The van der Waals surface area contributed by atoms with Crippen LogP contribution in [-0.4, -0.2) is 37.1 Å². The van der Waals surface area contributed by atoms with Crippen molar-refractivity contribution in [3.63, 3.8) is 0 Å². The molecule has 0 heterocycles. The van der Waals surface area contributed by atoms with Crippen LogP contribution in [-0.2, 0) is 14.4 Å². The molecule has 0 bridgehead atoms. The van der Waals surface area contributed by atoms with Crippen molar-refractivity contribution in [2.24, 2.45) is 5.10 Å². The maximum atomic E-state index is 12.3. The van der Waals surface area contributed by atoms with Crippen molar-refractivity contribution in [1.29, 1.82) is 0 Å². The van der Waals surface area contributed by atoms with Crippen molar-refractivity contribution >= 4 is 45.6 Å². The van der Waals surface area contributed by atoms with Crippen molar-refractivity contribution in [3.05, 3.63) is 57.6 Å². The Balaban J connectivity index is 1.99. The van der Waals surface area contributed by atoms with Crippen molar-refractivity contribution in [1.82, 2.24) is 10.7 Å². The molecule has 0 spiro atoms. The quantitative estimate of drug-likeness (QED) is 0.301. The first-order chi connectivity index (χ1) is 14.8. The maximum absolute atomic E-state index is 12.3. The summed E-state index contributed by atoms with van der Waals surface area (Å²) in [6, 6.07) is 10.9. The Kier molecular flexibility index (Phi) is 9.20. The fourth-order valence-corrected chi connectivity index (χ4v) is 2.86. The molecule has 0 saturated carbocycles. The van der Waals surface area contributed by atoms with Crippen LogP contribution in [0.25, 0.3) is 0 Å². The largest absolute Gasteiger partial charge is 0.483 e. The van der Waals surface area contributed by atoms with E-state index >= 15 is 0 Å². The summed E-state index contributed by atoms with van der Waals surface area (Å²) >= 11 is 3.36. The van der Waals surface area contributed by atoms with Crippen LogP contribution >= 0.6 is 15.9 Å². The van der Waals surface area contributed by atoms with Crippen molar-refractivity contribution in [3.8, 4) is 5.75 Å². The minimum atomic E-state index is -0.866. The highest BCUT2D eigenvalue weighted by Gasteiger charge is 2.12. The second-order valence-electron chi connectivity index (χ2n) is 6.79. The second kappa shape index (κ2) is 11.8. The summed E-state index contributed by atoms with van der Waals surface area (Å²) in [7, 11) is 0. The fourth-order valence-electron chi connectivity index (χ4n) is 2.48. The van der Waals surface area contributed by atoms with Gasteiger partial charge >= 0.3 is 11.8 Å². The predicted molar refractivity (Wildman–Crippen MR) is 123 cm³/mol. The molecule has 8 nitrogen and oxygen atoms in total. The molecule has 0 aliphatic carbocycles. The average Bonchev–Trinajstić information content (AvgIpc) is 2.73. The number of hydrogen-bond donors (Lipinski definition) is 3. The lowest BCUT2D eigenvalue weighted by atomic mass is 10.1. The monoisotopic (exact) mass is 488 g/mol. The van der Waals surface area contributed by atoms with Gasteiger partial charge in [0.25, 0.3) is 5.91 Å². The first kappa shape index (κ1) is 24.1. The average molecular weight is 489 g/mol. The molecule has 0 aliphatic rings. The van der Waals surface area contributed by atoms with E-state index in [1.807, 2.05) is 39.0 Å². The molecule has 3 N–H and O–H groups in total. The number of carbonyl (C=O) groups is 3. The molecule has 164 valence electrons. The smallest absolute Gasteiger partial charge is 0.329 e. The highest BCUT2D eigenvalue weighted by Crippen LogP contribution is 2.22. The minimum absolute atomic E-state index is 0.207. The van der Waals surface area contributed by atoms with Crippen LogP contribution in [0.2, 0.25) is 0 Å². The molecule has 2 rings (SSSR count). The van der Waals surface area contributed by atoms with E-state index in [9.17, 15) is 14.4 Å². The number of hydrogen-bond acceptors (Lipinski definition) is 5. The predicted octanol–water partition coefficient (Wildman–Crippen LogP) is 3.06. The van der Waals surface area contributed by atoms with Crippen LogP contribution in [0.1, 0.15) is 30.0 Å². The number of aryl methyl sites for hydroxylation is 2. The third-order valence-electron chi connectivity index (χ3n) is 4.11. The van der Waals surface area contributed by atoms with E-state index in [0.717, 1.165) is 27.7 Å². The standard InChI is InChI=1S/C22H25BrN4O4/c1-4-9-24-21(29)22(30)27-25-12-16-11-17(23)7-8-19(16)31-13-20(28)26-18-10-14(2)5-6-15(18)3/h5-8,10-12H,4,9,13H2,1-3H3,(H,24,29)(H,26,28)(H,27,30)/b25-12-. The second-order valence-corrected chi connectivity index (χ2v) is 7.71. The Morgan fingerprint density at radius 1 is 1.10 bits per heavy atom. The number of ether oxygens (including phenoxy) is 1. The highest BCUT2D eigenvalue weighted by atomic mass is 79.9. The molecule has 9 heteroatoms. The van der Waals surface area contributed by atoms with Gasteiger partial charge in [-0.15, -0.1) is 0 Å². The summed E-state index contributed by atoms with van der Waals surface area (Å²) in [5, 5.41) is 9.09. The summed E-state index contributed by atoms with van der Waals surface area (Å²) in [5.74, 6) is -1.53. The first-order valence-corrected chi connectivity index (χ1v) is 10.5. The lowest BCUT2D eigenvalue weighted by molar-refractivity contribution is -0.139. The number of amides is 3. The zero-order valence-corrected chi connectivity index (χ0v) is 19.2. The zero-order valence-electron chi connectivity index (χ0n) is 17.6. The normalized spacial score (nSPS) is 10.6. The fraction of sp³-hybridized carbons (Fsp3) is 0.273. The van der Waals surface area contributed by atoms with Crippen molar-refractivity contribution in [2.45, 2.75) is 27.2 Å². The molecule has 2 aromatic rings. The first-order valence-electron chi connectivity index (χ1n) is 9.70. The SMILES string of the molecule is CCCNC(=O)C(=O)N/N=C\c1cc(Br)ccc1OCC(=O)Nc1cc(C)ccc1C. The van der Waals surface area contributed by atoms with E-state index in [4.69, 9.17) is 4.74 Å². The Morgan fingerprint density at radius 2 is 1.87 bits per heavy atom. The highest BCUT2D eigenvalue weighted by molar-refractivity contribution is 9.10. The van der Waals surface area contributed by atoms with Crippen LogP contribution in [0, 0.1) is 13.8 Å². The number of anilines is 1. The number of benzene rings is 2. The summed E-state index contributed by atoms with van der Waals surface area (Å²) < 4.78 is 6.40. The molecule has 0 radical (unpaired) electrons. The molecule has 0 fully saturated rings. The molecular weight excluding hydrogens is 464 g/mol. The molecule has 2 aromatic carbocycles. The Bertz CT molecular complexity index is 991.